The van der Waals surface area contributed by atoms with Gasteiger partial charge in [0.1, 0.15) is 18.0 Å². The van der Waals surface area contributed by atoms with E-state index < -0.39 is 18.2 Å². The number of piperazine rings is 1. The Kier molecular flexibility index (Phi) is 8.74. The molecule has 0 aromatic heterocycles. The number of carbonyl (C=O) groups is 3. The minimum Gasteiger partial charge on any atom is -0.508 e. The molecule has 3 atom stereocenters. The van der Waals surface area contributed by atoms with Gasteiger partial charge in [0.25, 0.3) is 0 Å². The molecule has 2 aliphatic heterocycles. The van der Waals surface area contributed by atoms with Crippen LogP contribution in [0.25, 0.3) is 0 Å². The monoisotopic (exact) mass is 565 g/mol. The van der Waals surface area contributed by atoms with Gasteiger partial charge in [-0.15, -0.1) is 6.42 Å². The molecule has 5 rings (SSSR count). The highest BCUT2D eigenvalue weighted by molar-refractivity contribution is 5.91. The molecule has 216 valence electrons. The second-order valence-electron chi connectivity index (χ2n) is 10.7. The number of aromatic hydroxyl groups is 1. The molecule has 3 aromatic rings. The summed E-state index contributed by atoms with van der Waals surface area (Å²) in [6.07, 6.45) is 5.15. The third kappa shape index (κ3) is 6.24. The molecule has 2 N–H and O–H groups in total. The maximum atomic E-state index is 14.1. The lowest BCUT2D eigenvalue weighted by Gasteiger charge is -2.55. The maximum absolute atomic E-state index is 14.1. The number of benzene rings is 3. The van der Waals surface area contributed by atoms with Crippen molar-refractivity contribution in [3.63, 3.8) is 0 Å². The topological polar surface area (TPSA) is 96.4 Å². The molecule has 1 unspecified atom stereocenters. The van der Waals surface area contributed by atoms with Crippen LogP contribution >= 0.6 is 0 Å². The zero-order chi connectivity index (χ0) is 29.6. The first-order valence-corrected chi connectivity index (χ1v) is 14.1. The average molecular weight is 566 g/mol. The van der Waals surface area contributed by atoms with Gasteiger partial charge < -0.3 is 20.2 Å². The molecular formula is C33H35N5O4. The van der Waals surface area contributed by atoms with Crippen LogP contribution in [-0.2, 0) is 22.6 Å². The highest BCUT2D eigenvalue weighted by atomic mass is 16.3. The van der Waals surface area contributed by atoms with E-state index in [-0.39, 0.29) is 49.5 Å². The molecule has 9 heteroatoms. The smallest absolute Gasteiger partial charge is 0.334 e. The average Bonchev–Trinajstić information content (AvgIpc) is 3.00. The van der Waals surface area contributed by atoms with Gasteiger partial charge in [0.05, 0.1) is 19.6 Å². The summed E-state index contributed by atoms with van der Waals surface area (Å²) >= 11 is 0. The Morgan fingerprint density at radius 1 is 1.00 bits per heavy atom. The molecule has 3 aromatic carbocycles. The summed E-state index contributed by atoms with van der Waals surface area (Å²) in [5.41, 5.74) is 2.82. The molecule has 2 fully saturated rings. The summed E-state index contributed by atoms with van der Waals surface area (Å²) < 4.78 is 0. The fourth-order valence-corrected chi connectivity index (χ4v) is 5.73. The van der Waals surface area contributed by atoms with Crippen molar-refractivity contribution in [3.05, 3.63) is 102 Å². The van der Waals surface area contributed by atoms with Gasteiger partial charge in [0.2, 0.25) is 11.8 Å². The van der Waals surface area contributed by atoms with Gasteiger partial charge >= 0.3 is 6.03 Å². The molecule has 0 radical (unpaired) electrons. The molecule has 0 bridgehead atoms. The van der Waals surface area contributed by atoms with Gasteiger partial charge in [-0.05, 0) is 34.7 Å². The molecule has 9 nitrogen and oxygen atoms in total. The van der Waals surface area contributed by atoms with E-state index in [0.29, 0.717) is 13.1 Å². The van der Waals surface area contributed by atoms with Crippen molar-refractivity contribution < 1.29 is 19.5 Å². The lowest BCUT2D eigenvalue weighted by molar-refractivity contribution is -0.188. The second kappa shape index (κ2) is 12.8. The highest BCUT2D eigenvalue weighted by Gasteiger charge is 2.51. The van der Waals surface area contributed by atoms with Gasteiger partial charge in [-0.25, -0.2) is 9.80 Å². The largest absolute Gasteiger partial charge is 0.508 e. The van der Waals surface area contributed by atoms with Crippen molar-refractivity contribution in [2.75, 3.05) is 26.2 Å². The standard InChI is InChI=1S/C33H35N5O4/c1-3-18-36-23-31(40)37-29(19-25-14-16-28(39)17-15-25)32(41)35(21-24(2)27-12-8-5-9-13-27)22-30(37)38(36)33(42)34-20-26-10-6-4-7-11-26/h1,4-17,24,29-30,39H,18-23H2,2H3,(H,34,42)/t24?,29-,30-/m0/s1. The lowest BCUT2D eigenvalue weighted by atomic mass is 9.96. The van der Waals surface area contributed by atoms with E-state index in [2.05, 4.69) is 18.2 Å². The Balaban J connectivity index is 1.48. The predicted molar refractivity (Wildman–Crippen MR) is 159 cm³/mol. The van der Waals surface area contributed by atoms with Crippen LogP contribution in [-0.4, -0.2) is 81.2 Å². The Hall–Kier alpha value is -4.81. The van der Waals surface area contributed by atoms with Crippen molar-refractivity contribution in [2.45, 2.75) is 38.0 Å². The van der Waals surface area contributed by atoms with E-state index in [9.17, 15) is 19.5 Å². The number of hydrogen-bond acceptors (Lipinski definition) is 5. The van der Waals surface area contributed by atoms with Crippen LogP contribution in [0.15, 0.2) is 84.9 Å². The van der Waals surface area contributed by atoms with Crippen molar-refractivity contribution in [3.8, 4) is 18.1 Å². The van der Waals surface area contributed by atoms with Crippen LogP contribution in [0.3, 0.4) is 0 Å². The first kappa shape index (κ1) is 28.7. The van der Waals surface area contributed by atoms with Gasteiger partial charge in [0, 0.05) is 19.5 Å². The van der Waals surface area contributed by atoms with Crippen molar-refractivity contribution >= 4 is 17.8 Å². The molecular weight excluding hydrogens is 530 g/mol. The number of fused-ring (bicyclic) bond motifs is 1. The fourth-order valence-electron chi connectivity index (χ4n) is 5.73. The van der Waals surface area contributed by atoms with Crippen molar-refractivity contribution in [1.29, 1.82) is 0 Å². The Bertz CT molecular complexity index is 1440. The summed E-state index contributed by atoms with van der Waals surface area (Å²) in [6.45, 7) is 2.86. The summed E-state index contributed by atoms with van der Waals surface area (Å²) in [5, 5.41) is 15.9. The second-order valence-corrected chi connectivity index (χ2v) is 10.7. The number of phenolic OH excluding ortho intramolecular Hbond substituents is 1. The number of nitrogens with zero attached hydrogens (tertiary/aromatic N) is 4. The number of terminal acetylenes is 1. The van der Waals surface area contributed by atoms with E-state index >= 15 is 0 Å². The van der Waals surface area contributed by atoms with Crippen LogP contribution in [0.4, 0.5) is 4.79 Å². The minimum atomic E-state index is -0.832. The van der Waals surface area contributed by atoms with E-state index in [1.807, 2.05) is 60.7 Å². The number of amides is 4. The summed E-state index contributed by atoms with van der Waals surface area (Å²) in [5.74, 6) is 2.27. The molecule has 0 aliphatic carbocycles. The lowest BCUT2D eigenvalue weighted by Crippen LogP contribution is -2.76. The molecule has 4 amide bonds. The zero-order valence-corrected chi connectivity index (χ0v) is 23.6. The number of phenols is 1. The van der Waals surface area contributed by atoms with Crippen LogP contribution in [0.2, 0.25) is 0 Å². The van der Waals surface area contributed by atoms with E-state index in [4.69, 9.17) is 6.42 Å². The zero-order valence-electron chi connectivity index (χ0n) is 23.6. The number of carbonyl (C=O) groups excluding carboxylic acids is 3. The van der Waals surface area contributed by atoms with Crippen LogP contribution in [0, 0.1) is 12.3 Å². The molecule has 2 aliphatic rings. The Labute approximate surface area is 246 Å². The molecule has 2 saturated heterocycles. The van der Waals surface area contributed by atoms with Crippen molar-refractivity contribution in [1.82, 2.24) is 25.1 Å². The maximum Gasteiger partial charge on any atom is 0.334 e. The Morgan fingerprint density at radius 3 is 2.33 bits per heavy atom. The fraction of sp³-hybridized carbons (Fsp3) is 0.303. The first-order valence-electron chi connectivity index (χ1n) is 14.1. The Morgan fingerprint density at radius 2 is 1.67 bits per heavy atom. The van der Waals surface area contributed by atoms with Crippen LogP contribution in [0.1, 0.15) is 29.5 Å². The normalized spacial score (nSPS) is 19.7. The van der Waals surface area contributed by atoms with Crippen LogP contribution < -0.4 is 5.32 Å². The number of rotatable bonds is 8. The van der Waals surface area contributed by atoms with Gasteiger partial charge in [0.15, 0.2) is 0 Å². The summed E-state index contributed by atoms with van der Waals surface area (Å²) in [7, 11) is 0. The van der Waals surface area contributed by atoms with Crippen molar-refractivity contribution in [2.24, 2.45) is 0 Å². The SMILES string of the molecule is C#CCN1CC(=O)N2[C@@H](Cc3ccc(O)cc3)C(=O)N(CC(C)c3ccccc3)C[C@@H]2N1C(=O)NCc1ccccc1. The van der Waals surface area contributed by atoms with Gasteiger partial charge in [-0.2, -0.15) is 5.01 Å². The summed E-state index contributed by atoms with van der Waals surface area (Å²) in [6, 6.07) is 24.9. The summed E-state index contributed by atoms with van der Waals surface area (Å²) in [4.78, 5) is 44.8. The van der Waals surface area contributed by atoms with E-state index in [1.54, 1.807) is 39.1 Å². The molecule has 0 saturated carbocycles. The number of urea groups is 1. The van der Waals surface area contributed by atoms with Crippen LogP contribution in [0.5, 0.6) is 5.75 Å². The molecule has 0 spiro atoms. The predicted octanol–water partition coefficient (Wildman–Crippen LogP) is 3.18. The molecule has 42 heavy (non-hydrogen) atoms. The number of nitrogens with one attached hydrogen (secondary N) is 1. The molecule has 2 heterocycles. The quantitative estimate of drug-likeness (QED) is 0.409. The van der Waals surface area contributed by atoms with E-state index in [0.717, 1.165) is 16.7 Å². The van der Waals surface area contributed by atoms with Gasteiger partial charge in [-0.1, -0.05) is 85.6 Å². The minimum absolute atomic E-state index is 0.0254. The highest BCUT2D eigenvalue weighted by Crippen LogP contribution is 2.30. The third-order valence-corrected chi connectivity index (χ3v) is 7.83. The number of hydrogen-bond donors (Lipinski definition) is 2. The number of hydrazine groups is 1. The van der Waals surface area contributed by atoms with E-state index in [1.165, 1.54) is 5.01 Å². The van der Waals surface area contributed by atoms with Gasteiger partial charge in [-0.3, -0.25) is 9.59 Å². The third-order valence-electron chi connectivity index (χ3n) is 7.83. The first-order chi connectivity index (χ1) is 20.4.